The van der Waals surface area contributed by atoms with Gasteiger partial charge < -0.3 is 14.5 Å². The largest absolute Gasteiger partial charge is 0.497 e. The molecule has 130 valence electrons. The summed E-state index contributed by atoms with van der Waals surface area (Å²) in [5.41, 5.74) is 1.08. The number of rotatable bonds is 3. The lowest BCUT2D eigenvalue weighted by molar-refractivity contribution is 0.0535. The van der Waals surface area contributed by atoms with Gasteiger partial charge in [-0.15, -0.1) is 0 Å². The highest BCUT2D eigenvalue weighted by Gasteiger charge is 2.25. The molecule has 0 spiro atoms. The molecule has 1 aromatic heterocycles. The van der Waals surface area contributed by atoms with Crippen LogP contribution in [0.15, 0.2) is 42.6 Å². The van der Waals surface area contributed by atoms with Gasteiger partial charge in [-0.1, -0.05) is 17.7 Å². The zero-order chi connectivity index (χ0) is 17.8. The van der Waals surface area contributed by atoms with Crippen LogP contribution in [0.5, 0.6) is 5.75 Å². The Morgan fingerprint density at radius 3 is 2.20 bits per heavy atom. The van der Waals surface area contributed by atoms with Crippen molar-refractivity contribution >= 4 is 23.4 Å². The fourth-order valence-corrected chi connectivity index (χ4v) is 2.85. The van der Waals surface area contributed by atoms with Gasteiger partial charge in [0.2, 0.25) is 0 Å². The number of hydrogen-bond donors (Lipinski definition) is 0. The Morgan fingerprint density at radius 2 is 1.64 bits per heavy atom. The van der Waals surface area contributed by atoms with Crippen molar-refractivity contribution in [1.82, 2.24) is 14.8 Å². The molecule has 1 fully saturated rings. The van der Waals surface area contributed by atoms with E-state index in [9.17, 15) is 9.59 Å². The van der Waals surface area contributed by atoms with Gasteiger partial charge in [-0.2, -0.15) is 0 Å². The number of carbonyl (C=O) groups excluding carboxylic acids is 2. The molecule has 1 aliphatic heterocycles. The van der Waals surface area contributed by atoms with Crippen molar-refractivity contribution in [2.75, 3.05) is 33.3 Å². The number of hydrogen-bond acceptors (Lipinski definition) is 4. The van der Waals surface area contributed by atoms with Crippen LogP contribution < -0.4 is 4.74 Å². The maximum absolute atomic E-state index is 12.6. The first-order chi connectivity index (χ1) is 12.1. The van der Waals surface area contributed by atoms with E-state index in [1.165, 1.54) is 6.20 Å². The van der Waals surface area contributed by atoms with E-state index in [1.807, 2.05) is 0 Å². The Labute approximate surface area is 151 Å². The van der Waals surface area contributed by atoms with Gasteiger partial charge in [0.1, 0.15) is 10.9 Å². The van der Waals surface area contributed by atoms with Gasteiger partial charge in [-0.05, 0) is 30.3 Å². The number of halogens is 1. The topological polar surface area (TPSA) is 62.7 Å². The molecule has 2 heterocycles. The lowest BCUT2D eigenvalue weighted by atomic mass is 10.1. The number of piperazine rings is 1. The molecule has 0 bridgehead atoms. The molecule has 3 rings (SSSR count). The SMILES string of the molecule is COc1cccc(C(=O)N2CCN(C(=O)c3ccc(Cl)nc3)CC2)c1. The predicted molar refractivity (Wildman–Crippen MR) is 94.0 cm³/mol. The van der Waals surface area contributed by atoms with E-state index in [-0.39, 0.29) is 11.8 Å². The Kier molecular flexibility index (Phi) is 5.19. The van der Waals surface area contributed by atoms with Crippen LogP contribution in [0.25, 0.3) is 0 Å². The van der Waals surface area contributed by atoms with Crippen molar-refractivity contribution in [2.45, 2.75) is 0 Å². The molecule has 0 saturated carbocycles. The first kappa shape index (κ1) is 17.2. The first-order valence-corrected chi connectivity index (χ1v) is 8.30. The second-order valence-electron chi connectivity index (χ2n) is 5.69. The van der Waals surface area contributed by atoms with Crippen molar-refractivity contribution in [1.29, 1.82) is 0 Å². The Bertz CT molecular complexity index is 771. The number of carbonyl (C=O) groups is 2. The molecule has 1 aromatic carbocycles. The average Bonchev–Trinajstić information content (AvgIpc) is 2.67. The smallest absolute Gasteiger partial charge is 0.255 e. The molecule has 2 amide bonds. The highest BCUT2D eigenvalue weighted by Crippen LogP contribution is 2.16. The third-order valence-corrected chi connectivity index (χ3v) is 4.37. The number of methoxy groups -OCH3 is 1. The molecular weight excluding hydrogens is 342 g/mol. The van der Waals surface area contributed by atoms with Crippen molar-refractivity contribution < 1.29 is 14.3 Å². The number of aromatic nitrogens is 1. The van der Waals surface area contributed by atoms with E-state index < -0.39 is 0 Å². The summed E-state index contributed by atoms with van der Waals surface area (Å²) in [6.45, 7) is 1.94. The minimum atomic E-state index is -0.0994. The Balaban J connectivity index is 1.62. The maximum Gasteiger partial charge on any atom is 0.255 e. The van der Waals surface area contributed by atoms with Crippen LogP contribution in [0, 0.1) is 0 Å². The number of nitrogens with zero attached hydrogens (tertiary/aromatic N) is 3. The summed E-state index contributed by atoms with van der Waals surface area (Å²) in [6, 6.07) is 10.3. The Hall–Kier alpha value is -2.60. The van der Waals surface area contributed by atoms with Crippen LogP contribution >= 0.6 is 11.6 Å². The highest BCUT2D eigenvalue weighted by molar-refractivity contribution is 6.29. The van der Waals surface area contributed by atoms with Crippen molar-refractivity contribution in [3.8, 4) is 5.75 Å². The number of benzene rings is 1. The van der Waals surface area contributed by atoms with E-state index in [4.69, 9.17) is 16.3 Å². The van der Waals surface area contributed by atoms with E-state index >= 15 is 0 Å². The number of amides is 2. The average molecular weight is 360 g/mol. The van der Waals surface area contributed by atoms with Crippen molar-refractivity contribution in [2.24, 2.45) is 0 Å². The molecule has 0 aliphatic carbocycles. The van der Waals surface area contributed by atoms with Crippen LogP contribution in [0.4, 0.5) is 0 Å². The summed E-state index contributed by atoms with van der Waals surface area (Å²) in [7, 11) is 1.57. The minimum Gasteiger partial charge on any atom is -0.497 e. The van der Waals surface area contributed by atoms with E-state index in [1.54, 1.807) is 53.3 Å². The van der Waals surface area contributed by atoms with Gasteiger partial charge in [-0.25, -0.2) is 4.98 Å². The van der Waals surface area contributed by atoms with Crippen LogP contribution in [-0.2, 0) is 0 Å². The molecule has 1 aliphatic rings. The molecular formula is C18H18ClN3O3. The Morgan fingerprint density at radius 1 is 1.00 bits per heavy atom. The van der Waals surface area contributed by atoms with Crippen LogP contribution in [0.1, 0.15) is 20.7 Å². The van der Waals surface area contributed by atoms with Gasteiger partial charge in [0, 0.05) is 37.9 Å². The molecule has 25 heavy (non-hydrogen) atoms. The van der Waals surface area contributed by atoms with Crippen molar-refractivity contribution in [3.05, 3.63) is 58.9 Å². The fourth-order valence-electron chi connectivity index (χ4n) is 2.74. The molecule has 6 nitrogen and oxygen atoms in total. The summed E-state index contributed by atoms with van der Waals surface area (Å²) >= 11 is 5.75. The van der Waals surface area contributed by atoms with E-state index in [0.717, 1.165) is 0 Å². The fraction of sp³-hybridized carbons (Fsp3) is 0.278. The second-order valence-corrected chi connectivity index (χ2v) is 6.07. The van der Waals surface area contributed by atoms with Crippen molar-refractivity contribution in [3.63, 3.8) is 0 Å². The van der Waals surface area contributed by atoms with Crippen LogP contribution in [0.3, 0.4) is 0 Å². The summed E-state index contributed by atoms with van der Waals surface area (Å²) in [5, 5.41) is 0.352. The van der Waals surface area contributed by atoms with Gasteiger partial charge in [0.15, 0.2) is 0 Å². The summed E-state index contributed by atoms with van der Waals surface area (Å²) in [4.78, 5) is 32.5. The van der Waals surface area contributed by atoms with Gasteiger partial charge in [-0.3, -0.25) is 9.59 Å². The van der Waals surface area contributed by atoms with Crippen LogP contribution in [-0.4, -0.2) is 59.9 Å². The minimum absolute atomic E-state index is 0.0563. The third kappa shape index (κ3) is 3.91. The van der Waals surface area contributed by atoms with Gasteiger partial charge in [0.25, 0.3) is 11.8 Å². The summed E-state index contributed by atoms with van der Waals surface area (Å²) in [6.07, 6.45) is 1.47. The molecule has 0 unspecified atom stereocenters. The first-order valence-electron chi connectivity index (χ1n) is 7.92. The molecule has 0 atom stereocenters. The van der Waals surface area contributed by atoms with E-state index in [2.05, 4.69) is 4.98 Å². The number of ether oxygens (including phenoxy) is 1. The summed E-state index contributed by atoms with van der Waals surface area (Å²) < 4.78 is 5.16. The highest BCUT2D eigenvalue weighted by atomic mass is 35.5. The summed E-state index contributed by atoms with van der Waals surface area (Å²) in [5.74, 6) is 0.492. The molecule has 2 aromatic rings. The van der Waals surface area contributed by atoms with Gasteiger partial charge >= 0.3 is 0 Å². The zero-order valence-electron chi connectivity index (χ0n) is 13.8. The molecule has 0 N–H and O–H groups in total. The monoisotopic (exact) mass is 359 g/mol. The molecule has 0 radical (unpaired) electrons. The number of pyridine rings is 1. The normalized spacial score (nSPS) is 14.3. The zero-order valence-corrected chi connectivity index (χ0v) is 14.6. The predicted octanol–water partition coefficient (Wildman–Crippen LogP) is 2.34. The lowest BCUT2D eigenvalue weighted by Gasteiger charge is -2.34. The second kappa shape index (κ2) is 7.53. The molecule has 1 saturated heterocycles. The van der Waals surface area contributed by atoms with Gasteiger partial charge in [0.05, 0.1) is 12.7 Å². The third-order valence-electron chi connectivity index (χ3n) is 4.15. The van der Waals surface area contributed by atoms with E-state index in [0.29, 0.717) is 48.2 Å². The maximum atomic E-state index is 12.6. The van der Waals surface area contributed by atoms with Crippen LogP contribution in [0.2, 0.25) is 5.15 Å². The standard InChI is InChI=1S/C18H18ClN3O3/c1-25-15-4-2-3-13(11-15)17(23)21-7-9-22(10-8-21)18(24)14-5-6-16(19)20-12-14/h2-6,11-12H,7-10H2,1H3. The molecule has 7 heteroatoms. The quantitative estimate of drug-likeness (QED) is 0.789. The lowest BCUT2D eigenvalue weighted by Crippen LogP contribution is -2.50.